The fraction of sp³-hybridized carbons (Fsp3) is 0.385. The van der Waals surface area contributed by atoms with Gasteiger partial charge in [-0.25, -0.2) is 0 Å². The molecule has 0 atom stereocenters. The summed E-state index contributed by atoms with van der Waals surface area (Å²) in [6.45, 7) is 2.08. The average Bonchev–Trinajstić information content (AvgIpc) is 3.09. The third-order valence-corrected chi connectivity index (χ3v) is 3.16. The van der Waals surface area contributed by atoms with Crippen LogP contribution in [0, 0.1) is 11.3 Å². The minimum Gasteiger partial charge on any atom is -0.347 e. The van der Waals surface area contributed by atoms with Crippen molar-refractivity contribution >= 4 is 5.91 Å². The second kappa shape index (κ2) is 3.97. The van der Waals surface area contributed by atoms with Gasteiger partial charge in [0, 0.05) is 11.1 Å². The molecule has 1 N–H and O–H groups in total. The van der Waals surface area contributed by atoms with E-state index >= 15 is 0 Å². The lowest BCUT2D eigenvalue weighted by Crippen LogP contribution is -2.36. The zero-order valence-electron chi connectivity index (χ0n) is 9.29. The summed E-state index contributed by atoms with van der Waals surface area (Å²) in [5.74, 6) is -0.0727. The van der Waals surface area contributed by atoms with Crippen LogP contribution in [-0.2, 0) is 0 Å². The van der Waals surface area contributed by atoms with Gasteiger partial charge in [-0.15, -0.1) is 0 Å². The zero-order chi connectivity index (χ0) is 11.6. The maximum Gasteiger partial charge on any atom is 0.251 e. The molecule has 0 spiro atoms. The van der Waals surface area contributed by atoms with Gasteiger partial charge in [-0.3, -0.25) is 4.79 Å². The second-order valence-electron chi connectivity index (χ2n) is 4.28. The summed E-state index contributed by atoms with van der Waals surface area (Å²) < 4.78 is 0. The summed E-state index contributed by atoms with van der Waals surface area (Å²) in [5.41, 5.74) is 1.12. The third kappa shape index (κ3) is 2.06. The molecule has 3 heteroatoms. The molecule has 0 saturated heterocycles. The van der Waals surface area contributed by atoms with Crippen LogP contribution in [0.25, 0.3) is 0 Å². The molecule has 1 aliphatic carbocycles. The van der Waals surface area contributed by atoms with Crippen molar-refractivity contribution in [3.8, 4) is 6.07 Å². The standard InChI is InChI=1S/C13H14N2O/c1-2-13(6-7-13)15-12(16)11-5-3-4-10(8-11)9-14/h3-5,8H,2,6-7H2,1H3,(H,15,16). The van der Waals surface area contributed by atoms with Crippen LogP contribution in [0.4, 0.5) is 0 Å². The van der Waals surface area contributed by atoms with Crippen LogP contribution in [0.5, 0.6) is 0 Å². The van der Waals surface area contributed by atoms with Crippen molar-refractivity contribution in [2.45, 2.75) is 31.7 Å². The number of rotatable bonds is 3. The van der Waals surface area contributed by atoms with Gasteiger partial charge < -0.3 is 5.32 Å². The van der Waals surface area contributed by atoms with Gasteiger partial charge in [0.2, 0.25) is 0 Å². The predicted molar refractivity (Wildman–Crippen MR) is 60.9 cm³/mol. The van der Waals surface area contributed by atoms with E-state index in [4.69, 9.17) is 5.26 Å². The van der Waals surface area contributed by atoms with E-state index in [9.17, 15) is 4.79 Å². The SMILES string of the molecule is CCC1(NC(=O)c2cccc(C#N)c2)CC1. The molecule has 0 aliphatic heterocycles. The van der Waals surface area contributed by atoms with Gasteiger partial charge in [0.25, 0.3) is 5.91 Å². The van der Waals surface area contributed by atoms with Crippen LogP contribution in [0.2, 0.25) is 0 Å². The first-order valence-corrected chi connectivity index (χ1v) is 5.52. The van der Waals surface area contributed by atoms with Crippen LogP contribution < -0.4 is 5.32 Å². The van der Waals surface area contributed by atoms with E-state index in [1.54, 1.807) is 24.3 Å². The fourth-order valence-electron chi connectivity index (χ4n) is 1.76. The van der Waals surface area contributed by atoms with Crippen LogP contribution in [0.3, 0.4) is 0 Å². The quantitative estimate of drug-likeness (QED) is 0.838. The largest absolute Gasteiger partial charge is 0.347 e. The normalized spacial score (nSPS) is 16.2. The first kappa shape index (κ1) is 10.7. The highest BCUT2D eigenvalue weighted by Gasteiger charge is 2.42. The van der Waals surface area contributed by atoms with E-state index in [1.807, 2.05) is 6.07 Å². The number of amides is 1. The molecule has 16 heavy (non-hydrogen) atoms. The van der Waals surface area contributed by atoms with E-state index in [0.29, 0.717) is 11.1 Å². The van der Waals surface area contributed by atoms with E-state index in [2.05, 4.69) is 12.2 Å². The van der Waals surface area contributed by atoms with Crippen LogP contribution >= 0.6 is 0 Å². The lowest BCUT2D eigenvalue weighted by atomic mass is 10.1. The summed E-state index contributed by atoms with van der Waals surface area (Å²) in [7, 11) is 0. The van der Waals surface area contributed by atoms with Crippen LogP contribution in [-0.4, -0.2) is 11.4 Å². The minimum absolute atomic E-state index is 0.0275. The molecule has 0 unspecified atom stereocenters. The number of benzene rings is 1. The molecule has 1 aromatic rings. The molecule has 0 heterocycles. The Morgan fingerprint density at radius 2 is 2.31 bits per heavy atom. The van der Waals surface area contributed by atoms with E-state index in [0.717, 1.165) is 19.3 Å². The molecule has 1 amide bonds. The highest BCUT2D eigenvalue weighted by Crippen LogP contribution is 2.38. The van der Waals surface area contributed by atoms with Gasteiger partial charge in [0.05, 0.1) is 11.6 Å². The summed E-state index contributed by atoms with van der Waals surface area (Å²) in [4.78, 5) is 11.9. The van der Waals surface area contributed by atoms with Gasteiger partial charge >= 0.3 is 0 Å². The summed E-state index contributed by atoms with van der Waals surface area (Å²) >= 11 is 0. The molecule has 1 aromatic carbocycles. The van der Waals surface area contributed by atoms with Crippen molar-refractivity contribution < 1.29 is 4.79 Å². The molecule has 1 aliphatic rings. The van der Waals surface area contributed by atoms with Crippen molar-refractivity contribution in [1.82, 2.24) is 5.32 Å². The van der Waals surface area contributed by atoms with Crippen molar-refractivity contribution in [1.29, 1.82) is 5.26 Å². The predicted octanol–water partition coefficient (Wildman–Crippen LogP) is 2.23. The van der Waals surface area contributed by atoms with Gasteiger partial charge in [0.1, 0.15) is 0 Å². The van der Waals surface area contributed by atoms with Gasteiger partial charge in [-0.2, -0.15) is 5.26 Å². The van der Waals surface area contributed by atoms with Gasteiger partial charge in [-0.05, 0) is 37.5 Å². The second-order valence-corrected chi connectivity index (χ2v) is 4.28. The van der Waals surface area contributed by atoms with Crippen molar-refractivity contribution in [2.75, 3.05) is 0 Å². The molecule has 3 nitrogen and oxygen atoms in total. The fourth-order valence-corrected chi connectivity index (χ4v) is 1.76. The molecular weight excluding hydrogens is 200 g/mol. The number of nitrogens with zero attached hydrogens (tertiary/aromatic N) is 1. The highest BCUT2D eigenvalue weighted by atomic mass is 16.1. The lowest BCUT2D eigenvalue weighted by molar-refractivity contribution is 0.0930. The van der Waals surface area contributed by atoms with Gasteiger partial charge in [0.15, 0.2) is 0 Å². The van der Waals surface area contributed by atoms with Crippen molar-refractivity contribution in [3.63, 3.8) is 0 Å². The number of hydrogen-bond donors (Lipinski definition) is 1. The monoisotopic (exact) mass is 214 g/mol. The van der Waals surface area contributed by atoms with Crippen LogP contribution in [0.15, 0.2) is 24.3 Å². The summed E-state index contributed by atoms with van der Waals surface area (Å²) in [6.07, 6.45) is 3.09. The summed E-state index contributed by atoms with van der Waals surface area (Å²) in [5, 5.41) is 11.8. The Bertz CT molecular complexity index is 455. The number of carbonyl (C=O) groups excluding carboxylic acids is 1. The van der Waals surface area contributed by atoms with Crippen molar-refractivity contribution in [2.24, 2.45) is 0 Å². The molecular formula is C13H14N2O. The average molecular weight is 214 g/mol. The number of carbonyl (C=O) groups is 1. The smallest absolute Gasteiger partial charge is 0.251 e. The molecule has 82 valence electrons. The molecule has 1 fully saturated rings. The molecule has 0 aromatic heterocycles. The topological polar surface area (TPSA) is 52.9 Å². The third-order valence-electron chi connectivity index (χ3n) is 3.16. The molecule has 2 rings (SSSR count). The number of hydrogen-bond acceptors (Lipinski definition) is 2. The summed E-state index contributed by atoms with van der Waals surface area (Å²) in [6, 6.07) is 8.83. The maximum absolute atomic E-state index is 11.9. The van der Waals surface area contributed by atoms with E-state index in [1.165, 1.54) is 0 Å². The number of nitriles is 1. The molecule has 1 saturated carbocycles. The Balaban J connectivity index is 2.12. The zero-order valence-corrected chi connectivity index (χ0v) is 9.29. The molecule has 0 radical (unpaired) electrons. The molecule has 0 bridgehead atoms. The highest BCUT2D eigenvalue weighted by molar-refractivity contribution is 5.95. The Hall–Kier alpha value is -1.82. The van der Waals surface area contributed by atoms with E-state index in [-0.39, 0.29) is 11.4 Å². The first-order chi connectivity index (χ1) is 7.69. The van der Waals surface area contributed by atoms with Crippen molar-refractivity contribution in [3.05, 3.63) is 35.4 Å². The minimum atomic E-state index is -0.0727. The van der Waals surface area contributed by atoms with Gasteiger partial charge in [-0.1, -0.05) is 13.0 Å². The Kier molecular flexibility index (Phi) is 2.66. The van der Waals surface area contributed by atoms with E-state index < -0.39 is 0 Å². The van der Waals surface area contributed by atoms with Crippen LogP contribution in [0.1, 0.15) is 42.1 Å². The lowest BCUT2D eigenvalue weighted by Gasteiger charge is -2.14. The maximum atomic E-state index is 11.9. The Labute approximate surface area is 95.1 Å². The first-order valence-electron chi connectivity index (χ1n) is 5.52. The Morgan fingerprint density at radius 3 is 2.88 bits per heavy atom. The Morgan fingerprint density at radius 1 is 1.56 bits per heavy atom. The number of nitrogens with one attached hydrogen (secondary N) is 1.